The molecule has 2 saturated carbocycles. The first-order chi connectivity index (χ1) is 20.1. The minimum atomic E-state index is -4.89. The number of alkyl halides is 3. The monoisotopic (exact) mass is 625 g/mol. The van der Waals surface area contributed by atoms with Crippen molar-refractivity contribution in [3.63, 3.8) is 0 Å². The van der Waals surface area contributed by atoms with Gasteiger partial charge >= 0.3 is 12.3 Å². The van der Waals surface area contributed by atoms with E-state index < -0.39 is 32.2 Å². The van der Waals surface area contributed by atoms with Crippen molar-refractivity contribution >= 4 is 22.1 Å². The van der Waals surface area contributed by atoms with Gasteiger partial charge in [-0.25, -0.2) is 13.1 Å². The summed E-state index contributed by atoms with van der Waals surface area (Å²) in [7, 11) is -4.44. The highest BCUT2D eigenvalue weighted by Gasteiger charge is 2.39. The van der Waals surface area contributed by atoms with E-state index in [1.54, 1.807) is 26.8 Å². The van der Waals surface area contributed by atoms with Crippen LogP contribution in [0, 0.1) is 12.8 Å². The summed E-state index contributed by atoms with van der Waals surface area (Å²) < 4.78 is 73.1. The van der Waals surface area contributed by atoms with Crippen LogP contribution in [0.25, 0.3) is 11.3 Å². The predicted octanol–water partition coefficient (Wildman–Crippen LogP) is 6.62. The van der Waals surface area contributed by atoms with Crippen molar-refractivity contribution in [2.75, 3.05) is 0 Å². The summed E-state index contributed by atoms with van der Waals surface area (Å²) in [4.78, 5) is 28.8. The van der Waals surface area contributed by atoms with Gasteiger partial charge in [-0.3, -0.25) is 4.79 Å². The van der Waals surface area contributed by atoms with Gasteiger partial charge in [-0.05, 0) is 83.1 Å². The Labute approximate surface area is 251 Å². The Balaban J connectivity index is 0.00000162. The average Bonchev–Trinajstić information content (AvgIpc) is 3.24. The van der Waals surface area contributed by atoms with E-state index in [-0.39, 0.29) is 23.7 Å². The number of amides is 1. The minimum absolute atomic E-state index is 0.0995. The smallest absolute Gasteiger partial charge is 0.349 e. The lowest BCUT2D eigenvalue weighted by molar-refractivity contribution is -0.191. The molecule has 12 heteroatoms. The Morgan fingerprint density at radius 2 is 1.51 bits per heavy atom. The van der Waals surface area contributed by atoms with Crippen molar-refractivity contribution < 1.29 is 36.0 Å². The highest BCUT2D eigenvalue weighted by Crippen LogP contribution is 2.39. The molecule has 0 unspecified atom stereocenters. The lowest BCUT2D eigenvalue weighted by Crippen LogP contribution is -2.41. The number of carbonyl (C=O) groups excluding carboxylic acids is 3. The molecule has 2 aliphatic rings. The number of aromatic nitrogens is 1. The van der Waals surface area contributed by atoms with Crippen LogP contribution in [-0.2, 0) is 32.3 Å². The van der Waals surface area contributed by atoms with Crippen LogP contribution < -0.4 is 10.0 Å². The van der Waals surface area contributed by atoms with E-state index in [2.05, 4.69) is 10.0 Å². The number of hydrogen-bond acceptors (Lipinski definition) is 5. The summed E-state index contributed by atoms with van der Waals surface area (Å²) in [6.07, 6.45) is 5.96. The Morgan fingerprint density at radius 1 is 0.953 bits per heavy atom. The Kier molecular flexibility index (Phi) is 11.4. The topological polar surface area (TPSA) is 114 Å². The second kappa shape index (κ2) is 14.2. The average molecular weight is 626 g/mol. The van der Waals surface area contributed by atoms with Crippen LogP contribution in [0.4, 0.5) is 13.2 Å². The molecule has 1 aromatic carbocycles. The molecule has 8 nitrogen and oxygen atoms in total. The maximum Gasteiger partial charge on any atom is 0.417 e. The van der Waals surface area contributed by atoms with Crippen molar-refractivity contribution in [3.05, 3.63) is 41.1 Å². The molecule has 2 fully saturated rings. The second-order valence-corrected chi connectivity index (χ2v) is 14.3. The number of rotatable bonds is 7. The maximum atomic E-state index is 14.3. The molecule has 0 radical (unpaired) electrons. The zero-order chi connectivity index (χ0) is 32.0. The van der Waals surface area contributed by atoms with Gasteiger partial charge in [-0.2, -0.15) is 22.8 Å². The van der Waals surface area contributed by atoms with Crippen molar-refractivity contribution in [2.24, 2.45) is 5.92 Å². The van der Waals surface area contributed by atoms with Gasteiger partial charge in [0.25, 0.3) is 5.91 Å². The highest BCUT2D eigenvalue weighted by molar-refractivity contribution is 7.89. The first kappa shape index (κ1) is 34.5. The van der Waals surface area contributed by atoms with Gasteiger partial charge in [0.2, 0.25) is 10.0 Å². The molecule has 0 spiro atoms. The van der Waals surface area contributed by atoms with E-state index in [1.807, 2.05) is 11.5 Å². The van der Waals surface area contributed by atoms with E-state index in [4.69, 9.17) is 9.59 Å². The number of sulfonamides is 1. The molecule has 4 rings (SSSR count). The number of hydrogen-bond donors (Lipinski definition) is 2. The van der Waals surface area contributed by atoms with Gasteiger partial charge in [-0.1, -0.05) is 44.6 Å². The third kappa shape index (κ3) is 9.27. The SMILES string of the molecule is Cc1c(C(=O)NC2CCCCC2)cc(-c2ccc(S(=O)(=O)NC(C)(C)C)c(C(F)(F)F)c2)n1CC1CCCCC1.O=C=O. The quantitative estimate of drug-likeness (QED) is 0.359. The van der Waals surface area contributed by atoms with Crippen LogP contribution in [0.3, 0.4) is 0 Å². The minimum Gasteiger partial charge on any atom is -0.349 e. The normalized spacial score (nSPS) is 17.1. The van der Waals surface area contributed by atoms with Crippen LogP contribution >= 0.6 is 0 Å². The van der Waals surface area contributed by atoms with Crippen molar-refractivity contribution in [3.8, 4) is 11.3 Å². The Bertz CT molecular complexity index is 1410. The summed E-state index contributed by atoms with van der Waals surface area (Å²) in [6, 6.07) is 5.13. The summed E-state index contributed by atoms with van der Waals surface area (Å²) >= 11 is 0. The van der Waals surface area contributed by atoms with Crippen LogP contribution in [0.5, 0.6) is 0 Å². The number of carbonyl (C=O) groups is 1. The summed E-state index contributed by atoms with van der Waals surface area (Å²) in [6.45, 7) is 7.18. The van der Waals surface area contributed by atoms with Crippen molar-refractivity contribution in [1.82, 2.24) is 14.6 Å². The molecule has 0 aliphatic heterocycles. The van der Waals surface area contributed by atoms with Gasteiger partial charge in [-0.15, -0.1) is 0 Å². The molecular weight excluding hydrogens is 583 g/mol. The molecule has 1 amide bonds. The third-order valence-corrected chi connectivity index (χ3v) is 9.84. The van der Waals surface area contributed by atoms with E-state index in [0.29, 0.717) is 29.4 Å². The van der Waals surface area contributed by atoms with E-state index in [1.165, 1.54) is 12.5 Å². The van der Waals surface area contributed by atoms with Gasteiger partial charge in [0.05, 0.1) is 16.0 Å². The molecule has 0 bridgehead atoms. The van der Waals surface area contributed by atoms with E-state index in [0.717, 1.165) is 69.9 Å². The standard InChI is InChI=1S/C30H42F3N3O3S.CO2/c1-20-24(28(37)34-23-13-9-6-10-14-23)18-26(36(20)19-21-11-7-5-8-12-21)22-15-16-27(25(17-22)30(31,32)33)40(38,39)35-29(2,3)4;2-1-3/h15-18,21,23,35H,5-14,19H2,1-4H3,(H,34,37);. The number of nitrogens with zero attached hydrogens (tertiary/aromatic N) is 1. The lowest BCUT2D eigenvalue weighted by atomic mass is 9.89. The van der Waals surface area contributed by atoms with E-state index >= 15 is 0 Å². The third-order valence-electron chi connectivity index (χ3n) is 8.03. The first-order valence-corrected chi connectivity index (χ1v) is 16.3. The molecule has 0 atom stereocenters. The first-order valence-electron chi connectivity index (χ1n) is 14.8. The molecule has 43 heavy (non-hydrogen) atoms. The zero-order valence-corrected chi connectivity index (χ0v) is 26.1. The van der Waals surface area contributed by atoms with E-state index in [9.17, 15) is 26.4 Å². The van der Waals surface area contributed by atoms with Crippen LogP contribution in [0.15, 0.2) is 29.2 Å². The Morgan fingerprint density at radius 3 is 2.05 bits per heavy atom. The number of halogens is 3. The molecule has 2 N–H and O–H groups in total. The fraction of sp³-hybridized carbons (Fsp3) is 0.613. The second-order valence-electron chi connectivity index (χ2n) is 12.6. The van der Waals surface area contributed by atoms with Gasteiger partial charge < -0.3 is 9.88 Å². The zero-order valence-electron chi connectivity index (χ0n) is 25.3. The molecule has 238 valence electrons. The Hall–Kier alpha value is -2.95. The number of nitrogens with one attached hydrogen (secondary N) is 2. The fourth-order valence-electron chi connectivity index (χ4n) is 6.09. The molecule has 1 aromatic heterocycles. The van der Waals surface area contributed by atoms with Gasteiger partial charge in [0.1, 0.15) is 0 Å². The van der Waals surface area contributed by atoms with Crippen molar-refractivity contribution in [2.45, 2.75) is 121 Å². The van der Waals surface area contributed by atoms with Gasteiger partial charge in [0.15, 0.2) is 0 Å². The molecule has 2 aromatic rings. The summed E-state index contributed by atoms with van der Waals surface area (Å²) in [5.74, 6) is 0.156. The summed E-state index contributed by atoms with van der Waals surface area (Å²) in [5, 5.41) is 3.14. The highest BCUT2D eigenvalue weighted by atomic mass is 32.2. The molecule has 1 heterocycles. The molecular formula is C31H42F3N3O5S. The number of benzene rings is 1. The fourth-order valence-corrected chi connectivity index (χ4v) is 7.72. The maximum absolute atomic E-state index is 14.3. The van der Waals surface area contributed by atoms with Crippen LogP contribution in [-0.4, -0.2) is 36.6 Å². The van der Waals surface area contributed by atoms with Crippen LogP contribution in [0.1, 0.15) is 107 Å². The van der Waals surface area contributed by atoms with Crippen molar-refractivity contribution in [1.29, 1.82) is 0 Å². The lowest BCUT2D eigenvalue weighted by Gasteiger charge is -2.25. The largest absolute Gasteiger partial charge is 0.417 e. The molecule has 2 aliphatic carbocycles. The predicted molar refractivity (Wildman–Crippen MR) is 156 cm³/mol. The van der Waals surface area contributed by atoms with Crippen LogP contribution in [0.2, 0.25) is 0 Å². The van der Waals surface area contributed by atoms with Gasteiger partial charge in [0, 0.05) is 29.5 Å². The summed E-state index contributed by atoms with van der Waals surface area (Å²) in [5.41, 5.74) is -0.275. The molecule has 0 saturated heterocycles.